The number of nitrogens with zero attached hydrogens (tertiary/aromatic N) is 2. The van der Waals surface area contributed by atoms with E-state index in [1.807, 2.05) is 12.1 Å². The van der Waals surface area contributed by atoms with E-state index in [1.54, 1.807) is 23.7 Å². The van der Waals surface area contributed by atoms with Gasteiger partial charge < -0.3 is 19.7 Å². The molecule has 2 aliphatic heterocycles. The van der Waals surface area contributed by atoms with Crippen LogP contribution in [0, 0.1) is 0 Å². The zero-order chi connectivity index (χ0) is 26.9. The maximum Gasteiger partial charge on any atom is 0.490 e. The van der Waals surface area contributed by atoms with E-state index in [4.69, 9.17) is 29.3 Å². The Balaban J connectivity index is 0.000000271. The number of ether oxygens (including phenoxy) is 2. The summed E-state index contributed by atoms with van der Waals surface area (Å²) in [6.45, 7) is 2.75. The van der Waals surface area contributed by atoms with Crippen molar-refractivity contribution in [1.82, 2.24) is 9.88 Å². The molecule has 0 spiro atoms. The van der Waals surface area contributed by atoms with Crippen molar-refractivity contribution in [3.05, 3.63) is 46.9 Å². The molecule has 8 nitrogen and oxygen atoms in total. The van der Waals surface area contributed by atoms with Crippen LogP contribution in [0.3, 0.4) is 0 Å². The van der Waals surface area contributed by atoms with Gasteiger partial charge in [0.25, 0.3) is 0 Å². The largest absolute Gasteiger partial charge is 0.490 e. The summed E-state index contributed by atoms with van der Waals surface area (Å²) in [4.78, 5) is 24.4. The molecular weight excluding hydrogens is 522 g/mol. The Kier molecular flexibility index (Phi) is 10.5. The van der Waals surface area contributed by atoms with E-state index in [0.29, 0.717) is 6.04 Å². The first kappa shape index (κ1) is 29.3. The number of rotatable bonds is 4. The number of halogens is 6. The molecule has 0 aromatic carbocycles. The Morgan fingerprint density at radius 1 is 1.14 bits per heavy atom. The lowest BCUT2D eigenvalue weighted by molar-refractivity contribution is -0.193. The number of carboxylic acid groups (broad SMARTS) is 2. The van der Waals surface area contributed by atoms with Crippen molar-refractivity contribution < 1.29 is 55.6 Å². The minimum atomic E-state index is -5.08. The van der Waals surface area contributed by atoms with Gasteiger partial charge in [0.05, 0.1) is 6.20 Å². The number of aliphatic carboxylic acids is 2. The van der Waals surface area contributed by atoms with Crippen molar-refractivity contribution in [1.29, 1.82) is 0 Å². The second-order valence-corrected chi connectivity index (χ2v) is 8.34. The molecule has 36 heavy (non-hydrogen) atoms. The molecule has 0 bridgehead atoms. The highest BCUT2D eigenvalue weighted by molar-refractivity contribution is 7.07. The van der Waals surface area contributed by atoms with Crippen LogP contribution < -0.4 is 4.74 Å². The van der Waals surface area contributed by atoms with Gasteiger partial charge in [0.15, 0.2) is 0 Å². The van der Waals surface area contributed by atoms with E-state index in [9.17, 15) is 26.3 Å². The third-order valence-electron chi connectivity index (χ3n) is 4.96. The molecule has 200 valence electrons. The zero-order valence-corrected chi connectivity index (χ0v) is 19.2. The van der Waals surface area contributed by atoms with Crippen LogP contribution in [0.25, 0.3) is 0 Å². The first-order chi connectivity index (χ1) is 16.8. The number of alkyl halides is 6. The monoisotopic (exact) mass is 544 g/mol. The van der Waals surface area contributed by atoms with Crippen molar-refractivity contribution in [2.45, 2.75) is 50.0 Å². The smallest absolute Gasteiger partial charge is 0.485 e. The Bertz CT molecular complexity index is 934. The number of likely N-dealkylation sites (tertiary alicyclic amines) is 1. The van der Waals surface area contributed by atoms with Crippen LogP contribution in [0.5, 0.6) is 5.75 Å². The van der Waals surface area contributed by atoms with E-state index < -0.39 is 24.3 Å². The lowest BCUT2D eigenvalue weighted by atomic mass is 10.0. The number of hydrogen-bond donors (Lipinski definition) is 2. The average Bonchev–Trinajstić information content (AvgIpc) is 3.43. The predicted octanol–water partition coefficient (Wildman–Crippen LogP) is 4.22. The molecule has 0 radical (unpaired) electrons. The van der Waals surface area contributed by atoms with Gasteiger partial charge in [0.2, 0.25) is 0 Å². The summed E-state index contributed by atoms with van der Waals surface area (Å²) in [5.74, 6) is -4.68. The highest BCUT2D eigenvalue weighted by Gasteiger charge is 2.45. The van der Waals surface area contributed by atoms with Gasteiger partial charge in [0.1, 0.15) is 18.0 Å². The SMILES string of the molecule is O=C(O)C(F)(F)F.O=C(O)C(F)(F)F.c1cncc(O[C@@H]2CN(Cc3ccsc3)[C@@H]3CCCO[C@@H]32)c1. The third kappa shape index (κ3) is 9.28. The van der Waals surface area contributed by atoms with Crippen molar-refractivity contribution in [3.8, 4) is 5.75 Å². The number of carboxylic acids is 2. The normalized spacial score (nSPS) is 21.8. The van der Waals surface area contributed by atoms with Crippen LogP contribution in [0.1, 0.15) is 18.4 Å². The van der Waals surface area contributed by atoms with Crippen LogP contribution >= 0.6 is 11.3 Å². The lowest BCUT2D eigenvalue weighted by Gasteiger charge is -2.32. The number of aromatic nitrogens is 1. The van der Waals surface area contributed by atoms with E-state index in [-0.39, 0.29) is 12.2 Å². The van der Waals surface area contributed by atoms with Gasteiger partial charge in [-0.15, -0.1) is 0 Å². The fourth-order valence-corrected chi connectivity index (χ4v) is 4.16. The number of thiophene rings is 1. The molecular formula is C21H22F6N2O6S. The molecule has 2 fully saturated rings. The molecule has 4 rings (SSSR count). The quantitative estimate of drug-likeness (QED) is 0.551. The minimum absolute atomic E-state index is 0.0909. The van der Waals surface area contributed by atoms with Crippen molar-refractivity contribution in [2.75, 3.05) is 13.2 Å². The van der Waals surface area contributed by atoms with E-state index in [0.717, 1.165) is 31.9 Å². The summed E-state index contributed by atoms with van der Waals surface area (Å²) >= 11 is 1.76. The molecule has 2 N–H and O–H groups in total. The highest BCUT2D eigenvalue weighted by Crippen LogP contribution is 2.32. The third-order valence-corrected chi connectivity index (χ3v) is 5.69. The Hall–Kier alpha value is -2.91. The van der Waals surface area contributed by atoms with Gasteiger partial charge in [-0.05, 0) is 47.4 Å². The summed E-state index contributed by atoms with van der Waals surface area (Å²) in [6.07, 6.45) is -4.02. The van der Waals surface area contributed by atoms with Crippen molar-refractivity contribution >= 4 is 23.3 Å². The fourth-order valence-electron chi connectivity index (χ4n) is 3.50. The van der Waals surface area contributed by atoms with Gasteiger partial charge in [-0.25, -0.2) is 9.59 Å². The summed E-state index contributed by atoms with van der Waals surface area (Å²) < 4.78 is 75.7. The standard InChI is InChI=1S/C17H20N2O2S.2C2HF3O2/c1-3-14(9-18-6-1)21-16-11-19(10-13-5-8-22-12-13)15-4-2-7-20-17(15)16;2*3-2(4,5)1(6)7/h1,3,5-6,8-9,12,15-17H,2,4,7,10-11H2;2*(H,6,7)/t15-,16-,17+;;/m1../s1. The van der Waals surface area contributed by atoms with E-state index >= 15 is 0 Å². The average molecular weight is 544 g/mol. The van der Waals surface area contributed by atoms with Gasteiger partial charge in [-0.2, -0.15) is 37.7 Å². The molecule has 2 aromatic heterocycles. The predicted molar refractivity (Wildman–Crippen MR) is 114 cm³/mol. The van der Waals surface area contributed by atoms with Crippen molar-refractivity contribution in [3.63, 3.8) is 0 Å². The first-order valence-electron chi connectivity index (χ1n) is 10.3. The summed E-state index contributed by atoms with van der Waals surface area (Å²) in [5, 5.41) is 18.6. The van der Waals surface area contributed by atoms with Gasteiger partial charge in [-0.1, -0.05) is 0 Å². The van der Waals surface area contributed by atoms with Crippen molar-refractivity contribution in [2.24, 2.45) is 0 Å². The Morgan fingerprint density at radius 2 is 1.78 bits per heavy atom. The maximum atomic E-state index is 10.6. The molecule has 15 heteroatoms. The van der Waals surface area contributed by atoms with E-state index in [2.05, 4.69) is 26.7 Å². The molecule has 0 amide bonds. The number of pyridine rings is 1. The van der Waals surface area contributed by atoms with Crippen LogP contribution in [-0.2, 0) is 20.9 Å². The van der Waals surface area contributed by atoms with Crippen LogP contribution in [0.4, 0.5) is 26.3 Å². The summed E-state index contributed by atoms with van der Waals surface area (Å²) in [7, 11) is 0. The second-order valence-electron chi connectivity index (χ2n) is 7.56. The van der Waals surface area contributed by atoms with E-state index in [1.165, 1.54) is 12.0 Å². The molecule has 0 unspecified atom stereocenters. The Morgan fingerprint density at radius 3 is 2.28 bits per heavy atom. The van der Waals surface area contributed by atoms with Gasteiger partial charge in [0, 0.05) is 31.9 Å². The lowest BCUT2D eigenvalue weighted by Crippen LogP contribution is -2.42. The topological polar surface area (TPSA) is 109 Å². The maximum absolute atomic E-state index is 10.6. The summed E-state index contributed by atoms with van der Waals surface area (Å²) in [6, 6.07) is 6.55. The van der Waals surface area contributed by atoms with Gasteiger partial charge in [-0.3, -0.25) is 9.88 Å². The Labute approximate surface area is 205 Å². The molecule has 2 aliphatic rings. The number of fused-ring (bicyclic) bond motifs is 1. The minimum Gasteiger partial charge on any atom is -0.485 e. The highest BCUT2D eigenvalue weighted by atomic mass is 32.1. The number of hydrogen-bond acceptors (Lipinski definition) is 7. The fraction of sp³-hybridized carbons (Fsp3) is 0.476. The first-order valence-corrected chi connectivity index (χ1v) is 11.3. The van der Waals surface area contributed by atoms with Crippen LogP contribution in [0.2, 0.25) is 0 Å². The molecule has 0 aliphatic carbocycles. The van der Waals surface area contributed by atoms with Crippen LogP contribution in [0.15, 0.2) is 41.4 Å². The molecule has 0 saturated carbocycles. The second kappa shape index (κ2) is 12.9. The molecule has 3 atom stereocenters. The number of carbonyl (C=O) groups is 2. The molecule has 2 aromatic rings. The zero-order valence-electron chi connectivity index (χ0n) is 18.4. The molecule has 2 saturated heterocycles. The summed E-state index contributed by atoms with van der Waals surface area (Å²) in [5.41, 5.74) is 1.39. The van der Waals surface area contributed by atoms with Gasteiger partial charge >= 0.3 is 24.3 Å². The molecule has 4 heterocycles. The van der Waals surface area contributed by atoms with Crippen LogP contribution in [-0.4, -0.2) is 75.8 Å².